The molecule has 6 heteroatoms. The lowest BCUT2D eigenvalue weighted by molar-refractivity contribution is 0.0690. The lowest BCUT2D eigenvalue weighted by Gasteiger charge is -2.23. The Hall–Kier alpha value is -1.69. The van der Waals surface area contributed by atoms with Gasteiger partial charge >= 0.3 is 5.97 Å². The van der Waals surface area contributed by atoms with Crippen molar-refractivity contribution in [3.8, 4) is 0 Å². The lowest BCUT2D eigenvalue weighted by atomic mass is 10.1. The summed E-state index contributed by atoms with van der Waals surface area (Å²) in [6.07, 6.45) is 1.98. The SMILES string of the molecule is Cc1cc(C(=O)O)nc(NC2CCCOC2)n1. The Bertz CT molecular complexity index is 416. The third-order valence-electron chi connectivity index (χ3n) is 2.57. The standard InChI is InChI=1S/C11H15N3O3/c1-7-5-9(10(15)16)14-11(12-7)13-8-3-2-4-17-6-8/h5,8H,2-4,6H2,1H3,(H,15,16)(H,12,13,14). The van der Waals surface area contributed by atoms with E-state index in [0.29, 0.717) is 18.2 Å². The van der Waals surface area contributed by atoms with Crippen molar-refractivity contribution in [2.75, 3.05) is 18.5 Å². The van der Waals surface area contributed by atoms with Crippen LogP contribution in [0.3, 0.4) is 0 Å². The molecule has 92 valence electrons. The molecular formula is C11H15N3O3. The van der Waals surface area contributed by atoms with Crippen LogP contribution in [0.1, 0.15) is 29.0 Å². The number of aromatic nitrogens is 2. The van der Waals surface area contributed by atoms with E-state index in [0.717, 1.165) is 19.4 Å². The molecule has 1 aliphatic heterocycles. The summed E-state index contributed by atoms with van der Waals surface area (Å²) >= 11 is 0. The quantitative estimate of drug-likeness (QED) is 0.818. The summed E-state index contributed by atoms with van der Waals surface area (Å²) < 4.78 is 5.33. The fraction of sp³-hybridized carbons (Fsp3) is 0.545. The van der Waals surface area contributed by atoms with E-state index in [2.05, 4.69) is 15.3 Å². The van der Waals surface area contributed by atoms with Crippen LogP contribution in [0.15, 0.2) is 6.07 Å². The second-order valence-corrected chi connectivity index (χ2v) is 4.08. The van der Waals surface area contributed by atoms with Crippen molar-refractivity contribution < 1.29 is 14.6 Å². The summed E-state index contributed by atoms with van der Waals surface area (Å²) in [5, 5.41) is 12.0. The van der Waals surface area contributed by atoms with Gasteiger partial charge in [0.05, 0.1) is 12.6 Å². The minimum Gasteiger partial charge on any atom is -0.477 e. The van der Waals surface area contributed by atoms with Gasteiger partial charge in [0.15, 0.2) is 5.69 Å². The summed E-state index contributed by atoms with van der Waals surface area (Å²) in [4.78, 5) is 19.0. The Morgan fingerprint density at radius 3 is 3.06 bits per heavy atom. The van der Waals surface area contributed by atoms with Crippen LogP contribution in [-0.4, -0.2) is 40.3 Å². The average molecular weight is 237 g/mol. The number of ether oxygens (including phenoxy) is 1. The van der Waals surface area contributed by atoms with Gasteiger partial charge in [-0.3, -0.25) is 0 Å². The molecule has 2 N–H and O–H groups in total. The zero-order chi connectivity index (χ0) is 12.3. The first-order valence-corrected chi connectivity index (χ1v) is 5.58. The van der Waals surface area contributed by atoms with Gasteiger partial charge < -0.3 is 15.2 Å². The van der Waals surface area contributed by atoms with Gasteiger partial charge in [-0.15, -0.1) is 0 Å². The zero-order valence-electron chi connectivity index (χ0n) is 9.64. The number of carboxylic acids is 1. The molecule has 17 heavy (non-hydrogen) atoms. The van der Waals surface area contributed by atoms with E-state index in [-0.39, 0.29) is 11.7 Å². The minimum absolute atomic E-state index is 0.0109. The molecule has 2 rings (SSSR count). The first kappa shape index (κ1) is 11.8. The molecule has 1 aliphatic rings. The van der Waals surface area contributed by atoms with Gasteiger partial charge in [0.1, 0.15) is 0 Å². The lowest BCUT2D eigenvalue weighted by Crippen LogP contribution is -2.31. The number of carbonyl (C=O) groups is 1. The van der Waals surface area contributed by atoms with Crippen LogP contribution in [0.2, 0.25) is 0 Å². The highest BCUT2D eigenvalue weighted by Crippen LogP contribution is 2.12. The average Bonchev–Trinajstić information content (AvgIpc) is 2.29. The van der Waals surface area contributed by atoms with Crippen molar-refractivity contribution in [3.63, 3.8) is 0 Å². The summed E-state index contributed by atoms with van der Waals surface area (Å²) in [5.74, 6) is -0.684. The van der Waals surface area contributed by atoms with E-state index in [4.69, 9.17) is 9.84 Å². The van der Waals surface area contributed by atoms with Crippen LogP contribution in [0.4, 0.5) is 5.95 Å². The molecule has 2 heterocycles. The highest BCUT2D eigenvalue weighted by atomic mass is 16.5. The number of rotatable bonds is 3. The molecular weight excluding hydrogens is 222 g/mol. The van der Waals surface area contributed by atoms with Gasteiger partial charge in [0.2, 0.25) is 5.95 Å². The third-order valence-corrected chi connectivity index (χ3v) is 2.57. The molecule has 1 saturated heterocycles. The second kappa shape index (κ2) is 5.09. The van der Waals surface area contributed by atoms with Crippen molar-refractivity contribution in [1.29, 1.82) is 0 Å². The van der Waals surface area contributed by atoms with E-state index in [1.807, 2.05) is 0 Å². The maximum absolute atomic E-state index is 10.9. The molecule has 0 aromatic carbocycles. The van der Waals surface area contributed by atoms with Crippen LogP contribution in [0.25, 0.3) is 0 Å². The van der Waals surface area contributed by atoms with Gasteiger partial charge in [0.25, 0.3) is 0 Å². The van der Waals surface area contributed by atoms with Crippen molar-refractivity contribution >= 4 is 11.9 Å². The summed E-state index contributed by atoms with van der Waals surface area (Å²) in [7, 11) is 0. The van der Waals surface area contributed by atoms with Crippen molar-refractivity contribution in [2.24, 2.45) is 0 Å². The number of carboxylic acid groups (broad SMARTS) is 1. The highest BCUT2D eigenvalue weighted by molar-refractivity contribution is 5.85. The van der Waals surface area contributed by atoms with Gasteiger partial charge in [0, 0.05) is 12.3 Å². The maximum atomic E-state index is 10.9. The Morgan fingerprint density at radius 1 is 1.59 bits per heavy atom. The van der Waals surface area contributed by atoms with E-state index >= 15 is 0 Å². The fourth-order valence-corrected chi connectivity index (χ4v) is 1.78. The number of nitrogens with zero attached hydrogens (tertiary/aromatic N) is 2. The number of aryl methyl sites for hydroxylation is 1. The molecule has 0 spiro atoms. The monoisotopic (exact) mass is 237 g/mol. The molecule has 1 atom stereocenters. The van der Waals surface area contributed by atoms with Crippen molar-refractivity contribution in [1.82, 2.24) is 9.97 Å². The first-order chi connectivity index (χ1) is 8.15. The van der Waals surface area contributed by atoms with E-state index in [1.54, 1.807) is 6.92 Å². The summed E-state index contributed by atoms with van der Waals surface area (Å²) in [6.45, 7) is 3.14. The number of anilines is 1. The summed E-state index contributed by atoms with van der Waals surface area (Å²) in [5.41, 5.74) is 0.647. The normalized spacial score (nSPS) is 19.9. The molecule has 1 fully saturated rings. The molecule has 0 bridgehead atoms. The topological polar surface area (TPSA) is 84.3 Å². The predicted molar refractivity (Wildman–Crippen MR) is 61.2 cm³/mol. The Morgan fingerprint density at radius 2 is 2.41 bits per heavy atom. The van der Waals surface area contributed by atoms with Crippen LogP contribution in [0.5, 0.6) is 0 Å². The van der Waals surface area contributed by atoms with Crippen molar-refractivity contribution in [2.45, 2.75) is 25.8 Å². The number of aromatic carboxylic acids is 1. The Balaban J connectivity index is 2.11. The fourth-order valence-electron chi connectivity index (χ4n) is 1.78. The van der Waals surface area contributed by atoms with E-state index in [1.165, 1.54) is 6.07 Å². The molecule has 0 saturated carbocycles. The van der Waals surface area contributed by atoms with E-state index in [9.17, 15) is 4.79 Å². The Labute approximate surface area is 99.0 Å². The van der Waals surface area contributed by atoms with Gasteiger partial charge in [-0.05, 0) is 25.8 Å². The number of hydrogen-bond acceptors (Lipinski definition) is 5. The summed E-state index contributed by atoms with van der Waals surface area (Å²) in [6, 6.07) is 1.61. The van der Waals surface area contributed by atoms with E-state index < -0.39 is 5.97 Å². The maximum Gasteiger partial charge on any atom is 0.354 e. The molecule has 0 aliphatic carbocycles. The molecule has 6 nitrogen and oxygen atoms in total. The number of hydrogen-bond donors (Lipinski definition) is 2. The van der Waals surface area contributed by atoms with Gasteiger partial charge in [-0.25, -0.2) is 14.8 Å². The molecule has 1 aromatic rings. The molecule has 0 radical (unpaired) electrons. The predicted octanol–water partition coefficient (Wildman–Crippen LogP) is 1.07. The third kappa shape index (κ3) is 3.13. The van der Waals surface area contributed by atoms with Gasteiger partial charge in [-0.1, -0.05) is 0 Å². The molecule has 0 amide bonds. The van der Waals surface area contributed by atoms with Gasteiger partial charge in [-0.2, -0.15) is 0 Å². The molecule has 1 unspecified atom stereocenters. The molecule has 1 aromatic heterocycles. The first-order valence-electron chi connectivity index (χ1n) is 5.58. The minimum atomic E-state index is -1.04. The second-order valence-electron chi connectivity index (χ2n) is 4.08. The van der Waals surface area contributed by atoms with Crippen LogP contribution < -0.4 is 5.32 Å². The van der Waals surface area contributed by atoms with Crippen LogP contribution in [0, 0.1) is 6.92 Å². The Kier molecular flexibility index (Phi) is 3.53. The highest BCUT2D eigenvalue weighted by Gasteiger charge is 2.16. The smallest absolute Gasteiger partial charge is 0.354 e. The zero-order valence-corrected chi connectivity index (χ0v) is 9.64. The van der Waals surface area contributed by atoms with Crippen molar-refractivity contribution in [3.05, 3.63) is 17.5 Å². The number of nitrogens with one attached hydrogen (secondary N) is 1. The van der Waals surface area contributed by atoms with Crippen LogP contribution in [-0.2, 0) is 4.74 Å². The largest absolute Gasteiger partial charge is 0.477 e. The van der Waals surface area contributed by atoms with Crippen LogP contribution >= 0.6 is 0 Å².